The molecule has 1 aromatic heterocycles. The molecule has 0 radical (unpaired) electrons. The zero-order valence-electron chi connectivity index (χ0n) is 16.1. The van der Waals surface area contributed by atoms with Crippen molar-refractivity contribution < 1.29 is 14.4 Å². The van der Waals surface area contributed by atoms with Crippen molar-refractivity contribution in [2.45, 2.75) is 33.2 Å². The van der Waals surface area contributed by atoms with Crippen LogP contribution in [0.5, 0.6) is 5.75 Å². The molecule has 2 aliphatic heterocycles. The first kappa shape index (κ1) is 17.4. The van der Waals surface area contributed by atoms with Gasteiger partial charge >= 0.3 is 0 Å². The molecule has 4 rings (SSSR count). The van der Waals surface area contributed by atoms with Crippen LogP contribution in [-0.2, 0) is 17.8 Å². The van der Waals surface area contributed by atoms with Gasteiger partial charge < -0.3 is 19.5 Å². The molecule has 140 valence electrons. The number of carbonyl (C=O) groups is 1. The third-order valence-corrected chi connectivity index (χ3v) is 6.02. The van der Waals surface area contributed by atoms with E-state index < -0.39 is 0 Å². The van der Waals surface area contributed by atoms with E-state index in [1.165, 1.54) is 28.0 Å². The minimum atomic E-state index is 0.296. The summed E-state index contributed by atoms with van der Waals surface area (Å²) < 4.78 is 5.38. The van der Waals surface area contributed by atoms with E-state index in [1.54, 1.807) is 7.11 Å². The van der Waals surface area contributed by atoms with Gasteiger partial charge in [-0.3, -0.25) is 4.79 Å². The number of nitrogens with zero attached hydrogens (tertiary/aromatic N) is 1. The first-order chi connectivity index (χ1) is 12.5. The molecule has 0 bridgehead atoms. The van der Waals surface area contributed by atoms with Crippen molar-refractivity contribution in [3.63, 3.8) is 0 Å². The fourth-order valence-electron chi connectivity index (χ4n) is 4.93. The number of hydrogen-bond acceptors (Lipinski definition) is 2. The molecule has 2 aromatic rings. The average Bonchev–Trinajstić information content (AvgIpc) is 2.97. The Bertz CT molecular complexity index is 803. The van der Waals surface area contributed by atoms with Crippen LogP contribution in [0.4, 0.5) is 0 Å². The maximum atomic E-state index is 12.9. The van der Waals surface area contributed by atoms with Gasteiger partial charge in [0, 0.05) is 53.5 Å². The van der Waals surface area contributed by atoms with Crippen LogP contribution in [0.1, 0.15) is 31.5 Å². The summed E-state index contributed by atoms with van der Waals surface area (Å²) >= 11 is 0. The van der Waals surface area contributed by atoms with Gasteiger partial charge in [-0.2, -0.15) is 0 Å². The van der Waals surface area contributed by atoms with Crippen molar-refractivity contribution >= 4 is 16.8 Å². The average molecular weight is 356 g/mol. The molecule has 0 spiro atoms. The van der Waals surface area contributed by atoms with E-state index in [1.807, 2.05) is 11.0 Å². The Hall–Kier alpha value is -2.01. The van der Waals surface area contributed by atoms with Gasteiger partial charge in [-0.15, -0.1) is 0 Å². The summed E-state index contributed by atoms with van der Waals surface area (Å²) in [4.78, 5) is 20.0. The molecular formula is C21H30N3O2+. The Balaban J connectivity index is 1.49. The summed E-state index contributed by atoms with van der Waals surface area (Å²) in [7, 11) is 1.69. The highest BCUT2D eigenvalue weighted by Crippen LogP contribution is 2.30. The number of carbonyl (C=O) groups excluding carboxylic acids is 1. The van der Waals surface area contributed by atoms with E-state index in [9.17, 15) is 4.79 Å². The largest absolute Gasteiger partial charge is 0.497 e. The van der Waals surface area contributed by atoms with Crippen LogP contribution in [0.15, 0.2) is 18.2 Å². The van der Waals surface area contributed by atoms with Crippen LogP contribution in [-0.4, -0.2) is 49.1 Å². The minimum Gasteiger partial charge on any atom is -0.497 e. The molecule has 1 saturated heterocycles. The third kappa shape index (κ3) is 3.32. The van der Waals surface area contributed by atoms with Crippen molar-refractivity contribution in [1.82, 2.24) is 9.88 Å². The molecule has 1 fully saturated rings. The Labute approximate surface area is 155 Å². The highest BCUT2D eigenvalue weighted by molar-refractivity contribution is 5.87. The number of likely N-dealkylation sites (tertiary alicyclic amines) is 1. The van der Waals surface area contributed by atoms with Crippen molar-refractivity contribution in [2.75, 3.05) is 33.3 Å². The maximum absolute atomic E-state index is 12.9. The Morgan fingerprint density at radius 1 is 1.31 bits per heavy atom. The van der Waals surface area contributed by atoms with Gasteiger partial charge in [0.2, 0.25) is 0 Å². The van der Waals surface area contributed by atoms with Crippen molar-refractivity contribution in [1.29, 1.82) is 0 Å². The predicted octanol–water partition coefficient (Wildman–Crippen LogP) is 1.62. The fourth-order valence-corrected chi connectivity index (χ4v) is 4.93. The summed E-state index contributed by atoms with van der Waals surface area (Å²) in [5.74, 6) is 2.60. The summed E-state index contributed by atoms with van der Waals surface area (Å²) in [6, 6.07) is 6.13. The number of quaternary nitrogens is 1. The molecule has 26 heavy (non-hydrogen) atoms. The molecule has 1 amide bonds. The van der Waals surface area contributed by atoms with Crippen LogP contribution in [0.25, 0.3) is 10.9 Å². The number of methoxy groups -OCH3 is 1. The molecule has 0 aliphatic carbocycles. The highest BCUT2D eigenvalue weighted by atomic mass is 16.5. The van der Waals surface area contributed by atoms with Gasteiger partial charge in [-0.1, -0.05) is 13.8 Å². The molecule has 0 saturated carbocycles. The lowest BCUT2D eigenvalue weighted by Gasteiger charge is -2.34. The van der Waals surface area contributed by atoms with Gasteiger partial charge in [0.1, 0.15) is 5.75 Å². The quantitative estimate of drug-likeness (QED) is 0.878. The Morgan fingerprint density at radius 2 is 2.08 bits per heavy atom. The number of rotatable bonds is 3. The van der Waals surface area contributed by atoms with Crippen molar-refractivity contribution in [3.05, 3.63) is 29.5 Å². The van der Waals surface area contributed by atoms with Gasteiger partial charge in [-0.25, -0.2) is 0 Å². The molecule has 1 aromatic carbocycles. The number of piperidine rings is 1. The topological polar surface area (TPSA) is 49.8 Å². The second-order valence-electron chi connectivity index (χ2n) is 8.34. The second kappa shape index (κ2) is 6.95. The smallest absolute Gasteiger partial charge is 0.278 e. The van der Waals surface area contributed by atoms with E-state index in [4.69, 9.17) is 4.74 Å². The molecule has 1 unspecified atom stereocenters. The third-order valence-electron chi connectivity index (χ3n) is 6.02. The number of nitrogens with one attached hydrogen (secondary N) is 2. The number of benzene rings is 1. The van der Waals surface area contributed by atoms with Crippen LogP contribution in [0, 0.1) is 11.8 Å². The molecule has 3 heterocycles. The standard InChI is InChI=1S/C21H29N3O2/c1-14-8-15(2)11-23(10-14)13-21(25)24-7-6-20-18(12-24)17-9-16(26-3)4-5-19(17)22-20/h4-5,9,14-15,22H,6-8,10-13H2,1-3H3/p+1/t14-,15+. The fraction of sp³-hybridized carbons (Fsp3) is 0.571. The lowest BCUT2D eigenvalue weighted by Crippen LogP contribution is -3.15. The zero-order chi connectivity index (χ0) is 18.3. The lowest BCUT2D eigenvalue weighted by atomic mass is 9.92. The monoisotopic (exact) mass is 356 g/mol. The summed E-state index contributed by atoms with van der Waals surface area (Å²) in [5.41, 5.74) is 3.66. The van der Waals surface area contributed by atoms with Crippen LogP contribution < -0.4 is 9.64 Å². The summed E-state index contributed by atoms with van der Waals surface area (Å²) in [6.07, 6.45) is 2.20. The Morgan fingerprint density at radius 3 is 2.81 bits per heavy atom. The lowest BCUT2D eigenvalue weighted by molar-refractivity contribution is -0.904. The number of aromatic amines is 1. The number of ether oxygens (including phenoxy) is 1. The highest BCUT2D eigenvalue weighted by Gasteiger charge is 2.30. The van der Waals surface area contributed by atoms with E-state index in [0.29, 0.717) is 19.0 Å². The maximum Gasteiger partial charge on any atom is 0.278 e. The summed E-state index contributed by atoms with van der Waals surface area (Å²) in [6.45, 7) is 9.03. The van der Waals surface area contributed by atoms with E-state index in [0.717, 1.165) is 49.2 Å². The first-order valence-electron chi connectivity index (χ1n) is 9.82. The minimum absolute atomic E-state index is 0.296. The molecule has 2 aliphatic rings. The van der Waals surface area contributed by atoms with E-state index in [-0.39, 0.29) is 0 Å². The molecule has 3 atom stereocenters. The molecule has 5 heteroatoms. The van der Waals surface area contributed by atoms with Crippen LogP contribution in [0.3, 0.4) is 0 Å². The first-order valence-corrected chi connectivity index (χ1v) is 9.82. The molecule has 2 N–H and O–H groups in total. The number of amides is 1. The van der Waals surface area contributed by atoms with Gasteiger partial charge in [0.25, 0.3) is 5.91 Å². The number of hydrogen-bond donors (Lipinski definition) is 2. The van der Waals surface area contributed by atoms with Gasteiger partial charge in [0.05, 0.1) is 20.2 Å². The van der Waals surface area contributed by atoms with Crippen molar-refractivity contribution in [3.8, 4) is 5.75 Å². The number of aromatic nitrogens is 1. The van der Waals surface area contributed by atoms with E-state index >= 15 is 0 Å². The van der Waals surface area contributed by atoms with E-state index in [2.05, 4.69) is 31.0 Å². The number of H-pyrrole nitrogens is 1. The SMILES string of the molecule is COc1ccc2[nH]c3c(c2c1)CN(C(=O)C[NH+]1C[C@H](C)C[C@H](C)C1)CC3. The second-order valence-corrected chi connectivity index (χ2v) is 8.34. The molecule has 5 nitrogen and oxygen atoms in total. The van der Waals surface area contributed by atoms with Crippen molar-refractivity contribution in [2.24, 2.45) is 11.8 Å². The predicted molar refractivity (Wildman–Crippen MR) is 102 cm³/mol. The Kier molecular flexibility index (Phi) is 4.65. The van der Waals surface area contributed by atoms with Crippen LogP contribution in [0.2, 0.25) is 0 Å². The van der Waals surface area contributed by atoms with Gasteiger partial charge in [0.15, 0.2) is 6.54 Å². The number of fused-ring (bicyclic) bond motifs is 3. The molecular weight excluding hydrogens is 326 g/mol. The van der Waals surface area contributed by atoms with Crippen LogP contribution >= 0.6 is 0 Å². The zero-order valence-corrected chi connectivity index (χ0v) is 16.1. The summed E-state index contributed by atoms with van der Waals surface area (Å²) in [5, 5.41) is 1.18. The normalized spacial score (nSPS) is 26.0. The van der Waals surface area contributed by atoms with Gasteiger partial charge in [-0.05, 0) is 24.6 Å².